The van der Waals surface area contributed by atoms with Gasteiger partial charge in [-0.1, -0.05) is 53.7 Å². The molecule has 0 aliphatic carbocycles. The number of aromatic hydroxyl groups is 1. The van der Waals surface area contributed by atoms with Crippen LogP contribution in [0.15, 0.2) is 36.7 Å². The SMILES string of the molecule is CC(C)(C)c1cnccc1CCNCc1c(O)cccc1C(C)(C)C. The molecule has 0 unspecified atom stereocenters. The number of pyridine rings is 1. The number of aromatic nitrogens is 1. The van der Waals surface area contributed by atoms with Gasteiger partial charge in [0.25, 0.3) is 0 Å². The van der Waals surface area contributed by atoms with E-state index in [1.165, 1.54) is 16.7 Å². The lowest BCUT2D eigenvalue weighted by Gasteiger charge is -2.24. The Balaban J connectivity index is 2.04. The maximum absolute atomic E-state index is 10.3. The lowest BCUT2D eigenvalue weighted by molar-refractivity contribution is 0.457. The standard InChI is InChI=1S/C22H32N2O/c1-21(2,3)18-8-7-9-20(25)17(18)14-23-12-10-16-11-13-24-15-19(16)22(4,5)6/h7-9,11,13,15,23,25H,10,12,14H2,1-6H3. The minimum atomic E-state index is 0.0141. The summed E-state index contributed by atoms with van der Waals surface area (Å²) in [5, 5.41) is 13.8. The first kappa shape index (κ1) is 19.5. The van der Waals surface area contributed by atoms with Crippen molar-refractivity contribution in [3.8, 4) is 5.75 Å². The van der Waals surface area contributed by atoms with Crippen molar-refractivity contribution in [2.75, 3.05) is 6.54 Å². The van der Waals surface area contributed by atoms with Gasteiger partial charge in [0.2, 0.25) is 0 Å². The highest BCUT2D eigenvalue weighted by Gasteiger charge is 2.20. The van der Waals surface area contributed by atoms with Gasteiger partial charge in [0, 0.05) is 24.5 Å². The third-order valence-electron chi connectivity index (χ3n) is 4.55. The molecule has 2 rings (SSSR count). The molecule has 3 nitrogen and oxygen atoms in total. The fourth-order valence-corrected chi connectivity index (χ4v) is 3.22. The minimum absolute atomic E-state index is 0.0141. The van der Waals surface area contributed by atoms with Gasteiger partial charge in [0.05, 0.1) is 0 Å². The molecule has 0 saturated heterocycles. The lowest BCUT2D eigenvalue weighted by Crippen LogP contribution is -2.22. The number of hydrogen-bond donors (Lipinski definition) is 2. The molecule has 0 aliphatic rings. The molecular formula is C22H32N2O. The highest BCUT2D eigenvalue weighted by molar-refractivity contribution is 5.42. The summed E-state index contributed by atoms with van der Waals surface area (Å²) in [7, 11) is 0. The van der Waals surface area contributed by atoms with Gasteiger partial charge in [-0.15, -0.1) is 0 Å². The van der Waals surface area contributed by atoms with Crippen molar-refractivity contribution in [2.45, 2.75) is 65.3 Å². The average molecular weight is 341 g/mol. The molecule has 0 radical (unpaired) electrons. The average Bonchev–Trinajstić information content (AvgIpc) is 2.51. The summed E-state index contributed by atoms with van der Waals surface area (Å²) in [6, 6.07) is 7.92. The Morgan fingerprint density at radius 1 is 0.960 bits per heavy atom. The van der Waals surface area contributed by atoms with Crippen LogP contribution in [-0.2, 0) is 23.8 Å². The van der Waals surface area contributed by atoms with Crippen molar-refractivity contribution in [3.05, 3.63) is 58.9 Å². The van der Waals surface area contributed by atoms with Crippen molar-refractivity contribution in [2.24, 2.45) is 0 Å². The zero-order valence-electron chi connectivity index (χ0n) is 16.5. The van der Waals surface area contributed by atoms with E-state index in [0.29, 0.717) is 12.3 Å². The molecule has 1 aromatic carbocycles. The summed E-state index contributed by atoms with van der Waals surface area (Å²) < 4.78 is 0. The highest BCUT2D eigenvalue weighted by Crippen LogP contribution is 2.31. The smallest absolute Gasteiger partial charge is 0.120 e. The van der Waals surface area contributed by atoms with Gasteiger partial charge in [0.1, 0.15) is 5.75 Å². The maximum atomic E-state index is 10.3. The van der Waals surface area contributed by atoms with Gasteiger partial charge in [-0.05, 0) is 52.6 Å². The van der Waals surface area contributed by atoms with Gasteiger partial charge in [0.15, 0.2) is 0 Å². The Hall–Kier alpha value is -1.87. The van der Waals surface area contributed by atoms with E-state index in [4.69, 9.17) is 0 Å². The zero-order valence-corrected chi connectivity index (χ0v) is 16.5. The van der Waals surface area contributed by atoms with E-state index in [0.717, 1.165) is 18.5 Å². The van der Waals surface area contributed by atoms with Crippen LogP contribution >= 0.6 is 0 Å². The fourth-order valence-electron chi connectivity index (χ4n) is 3.22. The summed E-state index contributed by atoms with van der Waals surface area (Å²) in [4.78, 5) is 4.28. The predicted molar refractivity (Wildman–Crippen MR) is 105 cm³/mol. The van der Waals surface area contributed by atoms with Crippen LogP contribution in [0.3, 0.4) is 0 Å². The third kappa shape index (κ3) is 5.05. The van der Waals surface area contributed by atoms with Crippen LogP contribution < -0.4 is 5.32 Å². The summed E-state index contributed by atoms with van der Waals surface area (Å²) >= 11 is 0. The van der Waals surface area contributed by atoms with Crippen LogP contribution in [0.5, 0.6) is 5.75 Å². The van der Waals surface area contributed by atoms with E-state index in [1.807, 2.05) is 18.5 Å². The van der Waals surface area contributed by atoms with E-state index in [1.54, 1.807) is 6.07 Å². The van der Waals surface area contributed by atoms with Crippen LogP contribution in [-0.4, -0.2) is 16.6 Å². The van der Waals surface area contributed by atoms with E-state index in [9.17, 15) is 5.11 Å². The first-order chi connectivity index (χ1) is 11.6. The molecule has 0 spiro atoms. The number of rotatable bonds is 5. The number of phenolic OH excluding ortho intramolecular Hbond substituents is 1. The predicted octanol–water partition coefficient (Wildman–Crippen LogP) is 4.71. The van der Waals surface area contributed by atoms with Gasteiger partial charge in [-0.25, -0.2) is 0 Å². The molecule has 0 fully saturated rings. The van der Waals surface area contributed by atoms with Crippen LogP contribution in [0.25, 0.3) is 0 Å². The van der Waals surface area contributed by atoms with Crippen LogP contribution in [0.4, 0.5) is 0 Å². The van der Waals surface area contributed by atoms with Crippen molar-refractivity contribution in [1.82, 2.24) is 10.3 Å². The number of benzene rings is 1. The third-order valence-corrected chi connectivity index (χ3v) is 4.55. The first-order valence-corrected chi connectivity index (χ1v) is 9.06. The Morgan fingerprint density at radius 2 is 1.64 bits per heavy atom. The minimum Gasteiger partial charge on any atom is -0.508 e. The van der Waals surface area contributed by atoms with Gasteiger partial charge < -0.3 is 10.4 Å². The molecule has 1 heterocycles. The quantitative estimate of drug-likeness (QED) is 0.775. The summed E-state index contributed by atoms with van der Waals surface area (Å²) in [6.45, 7) is 14.7. The van der Waals surface area contributed by atoms with E-state index in [2.05, 4.69) is 64.0 Å². The molecule has 1 aromatic heterocycles. The highest BCUT2D eigenvalue weighted by atomic mass is 16.3. The monoisotopic (exact) mass is 340 g/mol. The van der Waals surface area contributed by atoms with E-state index in [-0.39, 0.29) is 10.8 Å². The topological polar surface area (TPSA) is 45.2 Å². The second-order valence-electron chi connectivity index (χ2n) is 8.76. The van der Waals surface area contributed by atoms with Crippen LogP contribution in [0.2, 0.25) is 0 Å². The fraction of sp³-hybridized carbons (Fsp3) is 0.500. The Morgan fingerprint density at radius 3 is 2.28 bits per heavy atom. The van der Waals surface area contributed by atoms with Crippen molar-refractivity contribution < 1.29 is 5.11 Å². The molecule has 25 heavy (non-hydrogen) atoms. The molecule has 136 valence electrons. The molecular weight excluding hydrogens is 308 g/mol. The molecule has 2 N–H and O–H groups in total. The largest absolute Gasteiger partial charge is 0.508 e. The van der Waals surface area contributed by atoms with Crippen molar-refractivity contribution in [3.63, 3.8) is 0 Å². The number of phenols is 1. The number of nitrogens with zero attached hydrogens (tertiary/aromatic N) is 1. The van der Waals surface area contributed by atoms with E-state index < -0.39 is 0 Å². The summed E-state index contributed by atoms with van der Waals surface area (Å²) in [6.07, 6.45) is 4.80. The van der Waals surface area contributed by atoms with Crippen molar-refractivity contribution >= 4 is 0 Å². The second-order valence-corrected chi connectivity index (χ2v) is 8.76. The maximum Gasteiger partial charge on any atom is 0.120 e. The van der Waals surface area contributed by atoms with Crippen LogP contribution in [0.1, 0.15) is 63.8 Å². The van der Waals surface area contributed by atoms with E-state index >= 15 is 0 Å². The molecule has 0 saturated carbocycles. The normalized spacial score (nSPS) is 12.4. The lowest BCUT2D eigenvalue weighted by atomic mass is 9.83. The summed E-state index contributed by atoms with van der Waals surface area (Å²) in [5.74, 6) is 0.374. The second kappa shape index (κ2) is 7.57. The zero-order chi connectivity index (χ0) is 18.7. The van der Waals surface area contributed by atoms with Gasteiger partial charge in [-0.2, -0.15) is 0 Å². The molecule has 0 bridgehead atoms. The number of nitrogens with one attached hydrogen (secondary N) is 1. The Bertz CT molecular complexity index is 709. The van der Waals surface area contributed by atoms with Crippen LogP contribution in [0, 0.1) is 0 Å². The molecule has 0 atom stereocenters. The van der Waals surface area contributed by atoms with Crippen molar-refractivity contribution in [1.29, 1.82) is 0 Å². The van der Waals surface area contributed by atoms with Gasteiger partial charge >= 0.3 is 0 Å². The molecule has 2 aromatic rings. The number of hydrogen-bond acceptors (Lipinski definition) is 3. The Kier molecular flexibility index (Phi) is 5.89. The Labute approximate surface area is 152 Å². The van der Waals surface area contributed by atoms with Gasteiger partial charge in [-0.3, -0.25) is 4.98 Å². The molecule has 0 aliphatic heterocycles. The summed E-state index contributed by atoms with van der Waals surface area (Å²) in [5.41, 5.74) is 4.94. The molecule has 0 amide bonds. The first-order valence-electron chi connectivity index (χ1n) is 9.06. The molecule has 3 heteroatoms.